The average Bonchev–Trinajstić information content (AvgIpc) is 2.61. The lowest BCUT2D eigenvalue weighted by atomic mass is 9.76. The maximum atomic E-state index is 6.11. The third-order valence-electron chi connectivity index (χ3n) is 5.24. The highest BCUT2D eigenvalue weighted by atomic mass is 15.2. The molecule has 2 rings (SSSR count). The third-order valence-corrected chi connectivity index (χ3v) is 5.24. The number of nitrogens with two attached hydrogens (primary N) is 1. The van der Waals surface area contributed by atoms with Gasteiger partial charge in [-0.05, 0) is 43.4 Å². The smallest absolute Gasteiger partial charge is 0.0332 e. The SMILES string of the molecule is CC1CCC(CN)(N2CC(C)C(C)C2)CC1. The van der Waals surface area contributed by atoms with Crippen molar-refractivity contribution in [2.75, 3.05) is 19.6 Å². The number of nitrogens with zero attached hydrogens (tertiary/aromatic N) is 1. The van der Waals surface area contributed by atoms with Gasteiger partial charge in [-0.25, -0.2) is 0 Å². The highest BCUT2D eigenvalue weighted by Gasteiger charge is 2.42. The van der Waals surface area contributed by atoms with Gasteiger partial charge in [0.15, 0.2) is 0 Å². The lowest BCUT2D eigenvalue weighted by molar-refractivity contribution is 0.0614. The van der Waals surface area contributed by atoms with Crippen molar-refractivity contribution in [3.63, 3.8) is 0 Å². The fourth-order valence-corrected chi connectivity index (χ4v) is 3.47. The van der Waals surface area contributed by atoms with Crippen LogP contribution in [0.15, 0.2) is 0 Å². The molecule has 0 aromatic heterocycles. The summed E-state index contributed by atoms with van der Waals surface area (Å²) < 4.78 is 0. The van der Waals surface area contributed by atoms with Crippen molar-refractivity contribution in [1.29, 1.82) is 0 Å². The Morgan fingerprint density at radius 3 is 2.00 bits per heavy atom. The van der Waals surface area contributed by atoms with E-state index in [0.717, 1.165) is 24.3 Å². The maximum absolute atomic E-state index is 6.11. The van der Waals surface area contributed by atoms with Gasteiger partial charge < -0.3 is 5.73 Å². The van der Waals surface area contributed by atoms with Gasteiger partial charge in [-0.3, -0.25) is 4.90 Å². The van der Waals surface area contributed by atoms with Crippen LogP contribution in [0.1, 0.15) is 46.5 Å². The molecule has 2 aliphatic rings. The second-order valence-corrected chi connectivity index (χ2v) is 6.47. The lowest BCUT2D eigenvalue weighted by Gasteiger charge is -2.45. The van der Waals surface area contributed by atoms with Crippen molar-refractivity contribution in [2.24, 2.45) is 23.5 Å². The van der Waals surface area contributed by atoms with Gasteiger partial charge in [-0.1, -0.05) is 20.8 Å². The Hall–Kier alpha value is -0.0800. The average molecular weight is 224 g/mol. The monoisotopic (exact) mass is 224 g/mol. The third kappa shape index (κ3) is 2.14. The summed E-state index contributed by atoms with van der Waals surface area (Å²) in [7, 11) is 0. The molecule has 2 unspecified atom stereocenters. The van der Waals surface area contributed by atoms with Gasteiger partial charge in [-0.2, -0.15) is 0 Å². The molecule has 2 atom stereocenters. The van der Waals surface area contributed by atoms with Crippen LogP contribution in [0.25, 0.3) is 0 Å². The van der Waals surface area contributed by atoms with E-state index in [2.05, 4.69) is 25.7 Å². The molecule has 0 radical (unpaired) electrons. The molecule has 2 N–H and O–H groups in total. The van der Waals surface area contributed by atoms with Crippen molar-refractivity contribution < 1.29 is 0 Å². The molecule has 0 amide bonds. The van der Waals surface area contributed by atoms with E-state index in [1.165, 1.54) is 38.8 Å². The van der Waals surface area contributed by atoms with E-state index in [9.17, 15) is 0 Å². The first-order valence-electron chi connectivity index (χ1n) is 7.02. The number of hydrogen-bond donors (Lipinski definition) is 1. The Morgan fingerprint density at radius 2 is 1.56 bits per heavy atom. The molecule has 1 saturated heterocycles. The molecule has 94 valence electrons. The Bertz CT molecular complexity index is 221. The highest BCUT2D eigenvalue weighted by Crippen LogP contribution is 2.39. The van der Waals surface area contributed by atoms with Crippen molar-refractivity contribution in [3.8, 4) is 0 Å². The van der Waals surface area contributed by atoms with Crippen molar-refractivity contribution in [2.45, 2.75) is 52.0 Å². The molecule has 1 heterocycles. The largest absolute Gasteiger partial charge is 0.329 e. The topological polar surface area (TPSA) is 29.3 Å². The Balaban J connectivity index is 2.04. The fourth-order valence-electron chi connectivity index (χ4n) is 3.47. The van der Waals surface area contributed by atoms with Gasteiger partial charge in [0, 0.05) is 25.2 Å². The predicted octanol–water partition coefficient (Wildman–Crippen LogP) is 2.48. The van der Waals surface area contributed by atoms with E-state index < -0.39 is 0 Å². The molecule has 0 bridgehead atoms. The van der Waals surface area contributed by atoms with E-state index in [1.54, 1.807) is 0 Å². The summed E-state index contributed by atoms with van der Waals surface area (Å²) in [4.78, 5) is 2.72. The summed E-state index contributed by atoms with van der Waals surface area (Å²) in [6.45, 7) is 10.6. The second kappa shape index (κ2) is 4.66. The normalized spacial score (nSPS) is 46.1. The summed E-state index contributed by atoms with van der Waals surface area (Å²) in [5, 5.41) is 0. The predicted molar refractivity (Wildman–Crippen MR) is 69.3 cm³/mol. The molecule has 0 spiro atoms. The van der Waals surface area contributed by atoms with Crippen LogP contribution >= 0.6 is 0 Å². The van der Waals surface area contributed by atoms with Crippen LogP contribution in [0, 0.1) is 17.8 Å². The summed E-state index contributed by atoms with van der Waals surface area (Å²) in [6, 6.07) is 0. The zero-order chi connectivity index (χ0) is 11.8. The van der Waals surface area contributed by atoms with Gasteiger partial charge in [-0.15, -0.1) is 0 Å². The first-order chi connectivity index (χ1) is 7.57. The first kappa shape index (κ1) is 12.4. The Kier molecular flexibility index (Phi) is 3.60. The van der Waals surface area contributed by atoms with Gasteiger partial charge in [0.2, 0.25) is 0 Å². The Morgan fingerprint density at radius 1 is 1.06 bits per heavy atom. The van der Waals surface area contributed by atoms with Gasteiger partial charge >= 0.3 is 0 Å². The van der Waals surface area contributed by atoms with Gasteiger partial charge in [0.05, 0.1) is 0 Å². The molecule has 1 saturated carbocycles. The van der Waals surface area contributed by atoms with Crippen molar-refractivity contribution in [3.05, 3.63) is 0 Å². The molecule has 1 aliphatic heterocycles. The van der Waals surface area contributed by atoms with Gasteiger partial charge in [0.1, 0.15) is 0 Å². The van der Waals surface area contributed by atoms with E-state index in [-0.39, 0.29) is 0 Å². The molecular weight excluding hydrogens is 196 g/mol. The molecule has 2 nitrogen and oxygen atoms in total. The van der Waals surface area contributed by atoms with Gasteiger partial charge in [0.25, 0.3) is 0 Å². The lowest BCUT2D eigenvalue weighted by Crippen LogP contribution is -2.54. The van der Waals surface area contributed by atoms with Crippen LogP contribution in [-0.4, -0.2) is 30.1 Å². The Labute approximate surface area is 101 Å². The minimum atomic E-state index is 0.353. The molecule has 1 aliphatic carbocycles. The molecule has 16 heavy (non-hydrogen) atoms. The molecule has 2 heteroatoms. The standard InChI is InChI=1S/C14H28N2/c1-11-4-6-14(10-15,7-5-11)16-8-12(2)13(3)9-16/h11-13H,4-10,15H2,1-3H3. The van der Waals surface area contributed by atoms with Crippen LogP contribution in [0.3, 0.4) is 0 Å². The van der Waals surface area contributed by atoms with E-state index >= 15 is 0 Å². The minimum Gasteiger partial charge on any atom is -0.329 e. The van der Waals surface area contributed by atoms with Crippen LogP contribution < -0.4 is 5.73 Å². The highest BCUT2D eigenvalue weighted by molar-refractivity contribution is 4.98. The van der Waals surface area contributed by atoms with E-state index in [4.69, 9.17) is 5.73 Å². The molecular formula is C14H28N2. The number of likely N-dealkylation sites (tertiary alicyclic amines) is 1. The van der Waals surface area contributed by atoms with Crippen molar-refractivity contribution >= 4 is 0 Å². The fraction of sp³-hybridized carbons (Fsp3) is 1.00. The van der Waals surface area contributed by atoms with Crippen LogP contribution in [0.2, 0.25) is 0 Å². The molecule has 0 aromatic carbocycles. The van der Waals surface area contributed by atoms with Crippen molar-refractivity contribution in [1.82, 2.24) is 4.90 Å². The summed E-state index contributed by atoms with van der Waals surface area (Å²) in [5.41, 5.74) is 6.47. The first-order valence-corrected chi connectivity index (χ1v) is 7.02. The summed E-state index contributed by atoms with van der Waals surface area (Å²) in [5.74, 6) is 2.61. The zero-order valence-electron chi connectivity index (χ0n) is 11.2. The second-order valence-electron chi connectivity index (χ2n) is 6.47. The van der Waals surface area contributed by atoms with E-state index in [1.807, 2.05) is 0 Å². The van der Waals surface area contributed by atoms with Crippen LogP contribution in [0.4, 0.5) is 0 Å². The number of rotatable bonds is 2. The zero-order valence-corrected chi connectivity index (χ0v) is 11.2. The molecule has 2 fully saturated rings. The van der Waals surface area contributed by atoms with Crippen LogP contribution in [0.5, 0.6) is 0 Å². The van der Waals surface area contributed by atoms with Crippen LogP contribution in [-0.2, 0) is 0 Å². The van der Waals surface area contributed by atoms with E-state index in [0.29, 0.717) is 5.54 Å². The minimum absolute atomic E-state index is 0.353. The number of hydrogen-bond acceptors (Lipinski definition) is 2. The summed E-state index contributed by atoms with van der Waals surface area (Å²) in [6.07, 6.45) is 5.39. The summed E-state index contributed by atoms with van der Waals surface area (Å²) >= 11 is 0. The molecule has 0 aromatic rings. The maximum Gasteiger partial charge on any atom is 0.0332 e. The quantitative estimate of drug-likeness (QED) is 0.781.